The number of benzene rings is 1. The van der Waals surface area contributed by atoms with Crippen molar-refractivity contribution in [1.82, 2.24) is 4.98 Å². The first-order chi connectivity index (χ1) is 10.5. The van der Waals surface area contributed by atoms with E-state index in [1.54, 1.807) is 30.5 Å². The summed E-state index contributed by atoms with van der Waals surface area (Å²) in [5.74, 6) is 0.825. The molecule has 0 radical (unpaired) electrons. The molecule has 1 aromatic carbocycles. The summed E-state index contributed by atoms with van der Waals surface area (Å²) in [4.78, 5) is 27.7. The summed E-state index contributed by atoms with van der Waals surface area (Å²) in [6, 6.07) is 8.72. The molecule has 1 amide bonds. The fourth-order valence-corrected chi connectivity index (χ4v) is 2.10. The lowest BCUT2D eigenvalue weighted by Gasteiger charge is -2.10. The van der Waals surface area contributed by atoms with E-state index in [1.165, 1.54) is 14.0 Å². The van der Waals surface area contributed by atoms with Crippen molar-refractivity contribution in [1.29, 1.82) is 0 Å². The van der Waals surface area contributed by atoms with Crippen LogP contribution >= 0.6 is 0 Å². The summed E-state index contributed by atoms with van der Waals surface area (Å²) in [6.45, 7) is 3.42. The zero-order valence-electron chi connectivity index (χ0n) is 12.8. The third-order valence-corrected chi connectivity index (χ3v) is 3.22. The lowest BCUT2D eigenvalue weighted by Crippen LogP contribution is -2.16. The normalized spacial score (nSPS) is 10.1. The second kappa shape index (κ2) is 6.85. The molecule has 0 aliphatic heterocycles. The van der Waals surface area contributed by atoms with Gasteiger partial charge < -0.3 is 10.1 Å². The number of nitrogens with zero attached hydrogens (tertiary/aromatic N) is 1. The van der Waals surface area contributed by atoms with Gasteiger partial charge in [-0.2, -0.15) is 0 Å². The van der Waals surface area contributed by atoms with Crippen LogP contribution in [0.4, 0.5) is 5.82 Å². The molecule has 0 atom stereocenters. The Morgan fingerprint density at radius 1 is 1.23 bits per heavy atom. The van der Waals surface area contributed by atoms with Gasteiger partial charge in [0.2, 0.25) is 5.91 Å². The maximum Gasteiger partial charge on any atom is 0.230 e. The SMILES string of the molecule is COc1ccc(C(C)=O)cc1CC(=O)Nc1cc(C)ccn1. The lowest BCUT2D eigenvalue weighted by atomic mass is 10.0. The van der Waals surface area contributed by atoms with Crippen molar-refractivity contribution in [3.8, 4) is 5.75 Å². The van der Waals surface area contributed by atoms with Crippen LogP contribution in [0.3, 0.4) is 0 Å². The van der Waals surface area contributed by atoms with Crippen molar-refractivity contribution in [2.24, 2.45) is 0 Å². The Kier molecular flexibility index (Phi) is 4.88. The molecule has 0 saturated carbocycles. The van der Waals surface area contributed by atoms with Crippen LogP contribution in [0.2, 0.25) is 0 Å². The van der Waals surface area contributed by atoms with E-state index in [-0.39, 0.29) is 18.1 Å². The Morgan fingerprint density at radius 3 is 2.64 bits per heavy atom. The number of carbonyl (C=O) groups excluding carboxylic acids is 2. The Hall–Kier alpha value is -2.69. The van der Waals surface area contributed by atoms with Gasteiger partial charge in [-0.3, -0.25) is 9.59 Å². The number of hydrogen-bond acceptors (Lipinski definition) is 4. The fraction of sp³-hybridized carbons (Fsp3) is 0.235. The first-order valence-corrected chi connectivity index (χ1v) is 6.90. The van der Waals surface area contributed by atoms with Gasteiger partial charge in [0.15, 0.2) is 5.78 Å². The molecule has 0 unspecified atom stereocenters. The molecule has 5 nitrogen and oxygen atoms in total. The van der Waals surface area contributed by atoms with Crippen LogP contribution in [0.25, 0.3) is 0 Å². The molecule has 0 aliphatic rings. The van der Waals surface area contributed by atoms with Gasteiger partial charge in [0.1, 0.15) is 11.6 Å². The third-order valence-electron chi connectivity index (χ3n) is 3.22. The largest absolute Gasteiger partial charge is 0.496 e. The minimum absolute atomic E-state index is 0.0512. The Balaban J connectivity index is 2.16. The smallest absolute Gasteiger partial charge is 0.230 e. The zero-order chi connectivity index (χ0) is 16.1. The molecule has 1 N–H and O–H groups in total. The second-order valence-corrected chi connectivity index (χ2v) is 5.03. The summed E-state index contributed by atoms with van der Waals surface area (Å²) < 4.78 is 5.24. The van der Waals surface area contributed by atoms with Crippen LogP contribution in [-0.4, -0.2) is 23.8 Å². The number of methoxy groups -OCH3 is 1. The van der Waals surface area contributed by atoms with Crippen molar-refractivity contribution in [3.05, 3.63) is 53.2 Å². The quantitative estimate of drug-likeness (QED) is 0.862. The number of rotatable bonds is 5. The molecule has 1 heterocycles. The molecular weight excluding hydrogens is 280 g/mol. The molecule has 2 rings (SSSR count). The van der Waals surface area contributed by atoms with Gasteiger partial charge in [0.05, 0.1) is 13.5 Å². The molecule has 0 spiro atoms. The standard InChI is InChI=1S/C17H18N2O3/c1-11-6-7-18-16(8-11)19-17(21)10-14-9-13(12(2)20)4-5-15(14)22-3/h4-9H,10H2,1-3H3,(H,18,19,21). The molecule has 2 aromatic rings. The maximum absolute atomic E-state index is 12.2. The maximum atomic E-state index is 12.2. The minimum Gasteiger partial charge on any atom is -0.496 e. The average molecular weight is 298 g/mol. The van der Waals surface area contributed by atoms with Crippen LogP contribution in [0.1, 0.15) is 28.4 Å². The fourth-order valence-electron chi connectivity index (χ4n) is 2.10. The zero-order valence-corrected chi connectivity index (χ0v) is 12.8. The number of nitrogens with one attached hydrogen (secondary N) is 1. The van der Waals surface area contributed by atoms with E-state index in [0.717, 1.165) is 5.56 Å². The van der Waals surface area contributed by atoms with Gasteiger partial charge in [0.25, 0.3) is 0 Å². The van der Waals surface area contributed by atoms with E-state index < -0.39 is 0 Å². The number of carbonyl (C=O) groups is 2. The van der Waals surface area contributed by atoms with Crippen LogP contribution < -0.4 is 10.1 Å². The van der Waals surface area contributed by atoms with Crippen molar-refractivity contribution in [2.45, 2.75) is 20.3 Å². The summed E-state index contributed by atoms with van der Waals surface area (Å²) >= 11 is 0. The number of anilines is 1. The Bertz CT molecular complexity index is 711. The van der Waals surface area contributed by atoms with Gasteiger partial charge in [-0.05, 0) is 49.7 Å². The molecule has 0 aliphatic carbocycles. The number of aromatic nitrogens is 1. The lowest BCUT2D eigenvalue weighted by molar-refractivity contribution is -0.115. The van der Waals surface area contributed by atoms with Gasteiger partial charge in [-0.25, -0.2) is 4.98 Å². The van der Waals surface area contributed by atoms with Gasteiger partial charge in [-0.1, -0.05) is 0 Å². The molecule has 0 saturated heterocycles. The predicted octanol–water partition coefficient (Wildman–Crippen LogP) is 2.78. The number of pyridine rings is 1. The van der Waals surface area contributed by atoms with E-state index >= 15 is 0 Å². The topological polar surface area (TPSA) is 68.3 Å². The van der Waals surface area contributed by atoms with Gasteiger partial charge in [-0.15, -0.1) is 0 Å². The summed E-state index contributed by atoms with van der Waals surface area (Å²) in [7, 11) is 1.53. The molecule has 5 heteroatoms. The first kappa shape index (κ1) is 15.7. The minimum atomic E-state index is -0.211. The average Bonchev–Trinajstić information content (AvgIpc) is 2.47. The summed E-state index contributed by atoms with van der Waals surface area (Å²) in [5, 5.41) is 2.74. The van der Waals surface area contributed by atoms with Crippen molar-refractivity contribution >= 4 is 17.5 Å². The second-order valence-electron chi connectivity index (χ2n) is 5.03. The summed E-state index contributed by atoms with van der Waals surface area (Å²) in [6.07, 6.45) is 1.75. The van der Waals surface area contributed by atoms with Crippen molar-refractivity contribution in [3.63, 3.8) is 0 Å². The Morgan fingerprint density at radius 2 is 2.00 bits per heavy atom. The van der Waals surface area contributed by atoms with Crippen LogP contribution in [0.5, 0.6) is 5.75 Å². The number of amides is 1. The van der Waals surface area contributed by atoms with E-state index in [1.807, 2.05) is 13.0 Å². The number of ketones is 1. The van der Waals surface area contributed by atoms with E-state index in [4.69, 9.17) is 4.74 Å². The molecule has 1 aromatic heterocycles. The van der Waals surface area contributed by atoms with E-state index in [0.29, 0.717) is 22.7 Å². The first-order valence-electron chi connectivity index (χ1n) is 6.90. The highest BCUT2D eigenvalue weighted by atomic mass is 16.5. The summed E-state index contributed by atoms with van der Waals surface area (Å²) in [5.41, 5.74) is 2.24. The predicted molar refractivity (Wildman–Crippen MR) is 84.3 cm³/mol. The van der Waals surface area contributed by atoms with Crippen molar-refractivity contribution < 1.29 is 14.3 Å². The molecular formula is C17H18N2O3. The number of hydrogen-bond donors (Lipinski definition) is 1. The van der Waals surface area contributed by atoms with E-state index in [9.17, 15) is 9.59 Å². The van der Waals surface area contributed by atoms with Crippen LogP contribution in [0, 0.1) is 6.92 Å². The number of ether oxygens (including phenoxy) is 1. The number of aryl methyl sites for hydroxylation is 1. The van der Waals surface area contributed by atoms with Crippen LogP contribution in [-0.2, 0) is 11.2 Å². The molecule has 114 valence electrons. The highest BCUT2D eigenvalue weighted by molar-refractivity contribution is 5.96. The molecule has 0 bridgehead atoms. The Labute approximate surface area is 129 Å². The third kappa shape index (κ3) is 3.91. The molecule has 22 heavy (non-hydrogen) atoms. The monoisotopic (exact) mass is 298 g/mol. The molecule has 0 fully saturated rings. The van der Waals surface area contributed by atoms with Crippen molar-refractivity contribution in [2.75, 3.05) is 12.4 Å². The highest BCUT2D eigenvalue weighted by Gasteiger charge is 2.12. The van der Waals surface area contributed by atoms with Gasteiger partial charge in [0, 0.05) is 17.3 Å². The highest BCUT2D eigenvalue weighted by Crippen LogP contribution is 2.21. The van der Waals surface area contributed by atoms with E-state index in [2.05, 4.69) is 10.3 Å². The van der Waals surface area contributed by atoms with Gasteiger partial charge >= 0.3 is 0 Å². The van der Waals surface area contributed by atoms with Crippen LogP contribution in [0.15, 0.2) is 36.5 Å². The number of Topliss-reactive ketones (excluding diaryl/α,β-unsaturated/α-hetero) is 1.